The summed E-state index contributed by atoms with van der Waals surface area (Å²) in [5, 5.41) is 14.8. The van der Waals surface area contributed by atoms with Crippen LogP contribution in [0, 0.1) is 18.7 Å². The molecule has 0 saturated heterocycles. The fraction of sp³-hybridized carbons (Fsp3) is 0.306. The SMILES string of the molecule is COc1cccc2c1CC[C@H]2NC(=O)c1ccc(-c2c3c(nc(CCc4ccc(F)cc4)c2-c2nnc(C)o2)[C@@H](C(C)C)NC3=O)s1. The van der Waals surface area contributed by atoms with E-state index in [0.29, 0.717) is 51.7 Å². The van der Waals surface area contributed by atoms with Gasteiger partial charge in [-0.05, 0) is 78.6 Å². The molecule has 9 nitrogen and oxygen atoms in total. The molecule has 0 fully saturated rings. The summed E-state index contributed by atoms with van der Waals surface area (Å²) in [4.78, 5) is 33.7. The molecule has 3 aromatic heterocycles. The molecule has 7 rings (SSSR count). The van der Waals surface area contributed by atoms with E-state index in [-0.39, 0.29) is 41.5 Å². The van der Waals surface area contributed by atoms with Crippen LogP contribution < -0.4 is 15.4 Å². The van der Waals surface area contributed by atoms with E-state index in [9.17, 15) is 14.0 Å². The van der Waals surface area contributed by atoms with Gasteiger partial charge >= 0.3 is 0 Å². The lowest BCUT2D eigenvalue weighted by Gasteiger charge is -2.18. The van der Waals surface area contributed by atoms with Gasteiger partial charge in [-0.3, -0.25) is 14.6 Å². The van der Waals surface area contributed by atoms with E-state index in [0.717, 1.165) is 40.2 Å². The lowest BCUT2D eigenvalue weighted by atomic mass is 9.92. The number of aryl methyl sites for hydroxylation is 3. The summed E-state index contributed by atoms with van der Waals surface area (Å²) in [6.45, 7) is 5.79. The van der Waals surface area contributed by atoms with Gasteiger partial charge in [0.05, 0.1) is 46.6 Å². The average Bonchev–Trinajstić information content (AvgIpc) is 3.87. The summed E-state index contributed by atoms with van der Waals surface area (Å²) in [6.07, 6.45) is 2.66. The van der Waals surface area contributed by atoms with Crippen molar-refractivity contribution in [3.63, 3.8) is 0 Å². The smallest absolute Gasteiger partial charge is 0.261 e. The maximum atomic E-state index is 13.7. The van der Waals surface area contributed by atoms with Crippen LogP contribution in [0.5, 0.6) is 5.75 Å². The number of nitrogens with zero attached hydrogens (tertiary/aromatic N) is 3. The molecular weight excluding hydrogens is 617 g/mol. The highest BCUT2D eigenvalue weighted by Gasteiger charge is 2.39. The average molecular weight is 652 g/mol. The van der Waals surface area contributed by atoms with Crippen molar-refractivity contribution in [1.82, 2.24) is 25.8 Å². The van der Waals surface area contributed by atoms with Crippen molar-refractivity contribution in [3.05, 3.63) is 105 Å². The van der Waals surface area contributed by atoms with E-state index < -0.39 is 0 Å². The van der Waals surface area contributed by atoms with Crippen molar-refractivity contribution in [2.24, 2.45) is 5.92 Å². The molecule has 0 unspecified atom stereocenters. The third kappa shape index (κ3) is 5.69. The number of hydrogen-bond donors (Lipinski definition) is 2. The van der Waals surface area contributed by atoms with Crippen LogP contribution in [0.15, 0.2) is 59.0 Å². The number of carbonyl (C=O) groups is 2. The molecule has 4 heterocycles. The monoisotopic (exact) mass is 651 g/mol. The number of benzene rings is 2. The van der Waals surface area contributed by atoms with E-state index in [2.05, 4.69) is 20.8 Å². The van der Waals surface area contributed by atoms with Crippen LogP contribution in [0.25, 0.3) is 21.9 Å². The maximum Gasteiger partial charge on any atom is 0.261 e. The molecule has 0 radical (unpaired) electrons. The second-order valence-corrected chi connectivity index (χ2v) is 13.4. The maximum absolute atomic E-state index is 13.7. The number of methoxy groups -OCH3 is 1. The number of aromatic nitrogens is 3. The van der Waals surface area contributed by atoms with E-state index in [1.54, 1.807) is 32.2 Å². The van der Waals surface area contributed by atoms with Gasteiger partial charge in [-0.2, -0.15) is 0 Å². The van der Waals surface area contributed by atoms with Gasteiger partial charge in [-0.1, -0.05) is 38.1 Å². The summed E-state index contributed by atoms with van der Waals surface area (Å²) < 4.78 is 25.2. The molecule has 2 aromatic carbocycles. The number of halogens is 1. The Morgan fingerprint density at radius 2 is 1.89 bits per heavy atom. The van der Waals surface area contributed by atoms with Crippen LogP contribution in [-0.2, 0) is 19.3 Å². The zero-order chi connectivity index (χ0) is 32.8. The Morgan fingerprint density at radius 3 is 2.62 bits per heavy atom. The normalized spacial score (nSPS) is 16.7. The highest BCUT2D eigenvalue weighted by Crippen LogP contribution is 2.45. The quantitative estimate of drug-likeness (QED) is 0.177. The first-order valence-corrected chi connectivity index (χ1v) is 16.5. The standard InChI is InChI=1S/C36H34FN5O4S/c1-18(2)32-33-31(35(44)40-32)30(29(36-42-41-19(3)46-36)25(38-33)14-10-20-8-11-21(37)12-9-20)27-16-17-28(47-27)34(43)39-24-15-13-23-22(24)6-5-7-26(23)45-4/h5-9,11-12,16-18,24,32H,10,13-15H2,1-4H3,(H,39,43)(H,40,44)/t24-,32-/m1/s1. The molecule has 2 atom stereocenters. The first kappa shape index (κ1) is 30.7. The number of thiophene rings is 1. The number of pyridine rings is 1. The minimum atomic E-state index is -0.299. The van der Waals surface area contributed by atoms with Gasteiger partial charge in [0.2, 0.25) is 11.8 Å². The number of amides is 2. The number of fused-ring (bicyclic) bond motifs is 2. The fourth-order valence-corrected chi connectivity index (χ4v) is 7.60. The highest BCUT2D eigenvalue weighted by molar-refractivity contribution is 7.17. The number of rotatable bonds is 9. The second-order valence-electron chi connectivity index (χ2n) is 12.3. The summed E-state index contributed by atoms with van der Waals surface area (Å²) in [7, 11) is 1.66. The molecule has 2 aliphatic rings. The number of hydrogen-bond acceptors (Lipinski definition) is 8. The number of ether oxygens (including phenoxy) is 1. The highest BCUT2D eigenvalue weighted by atomic mass is 32.1. The molecule has 0 spiro atoms. The van der Waals surface area contributed by atoms with Gasteiger partial charge in [-0.15, -0.1) is 21.5 Å². The van der Waals surface area contributed by atoms with Crippen molar-refractivity contribution in [2.75, 3.05) is 7.11 Å². The zero-order valence-corrected chi connectivity index (χ0v) is 27.3. The Kier molecular flexibility index (Phi) is 8.09. The van der Waals surface area contributed by atoms with E-state index >= 15 is 0 Å². The zero-order valence-electron chi connectivity index (χ0n) is 26.5. The first-order valence-electron chi connectivity index (χ1n) is 15.7. The molecule has 240 valence electrons. The van der Waals surface area contributed by atoms with Crippen LogP contribution in [-0.4, -0.2) is 34.1 Å². The van der Waals surface area contributed by atoms with Gasteiger partial charge in [0, 0.05) is 17.4 Å². The summed E-state index contributed by atoms with van der Waals surface area (Å²) in [5.74, 6) is 0.815. The summed E-state index contributed by atoms with van der Waals surface area (Å²) >= 11 is 1.31. The largest absolute Gasteiger partial charge is 0.496 e. The number of nitrogens with one attached hydrogen (secondary N) is 2. The second kappa shape index (κ2) is 12.4. The van der Waals surface area contributed by atoms with Crippen molar-refractivity contribution < 1.29 is 23.1 Å². The molecule has 11 heteroatoms. The third-order valence-electron chi connectivity index (χ3n) is 8.91. The molecular formula is C36H34FN5O4S. The predicted octanol–water partition coefficient (Wildman–Crippen LogP) is 6.96. The summed E-state index contributed by atoms with van der Waals surface area (Å²) in [5.41, 5.74) is 6.11. The molecule has 0 bridgehead atoms. The van der Waals surface area contributed by atoms with Crippen LogP contribution in [0.3, 0.4) is 0 Å². The van der Waals surface area contributed by atoms with Crippen LogP contribution in [0.4, 0.5) is 4.39 Å². The van der Waals surface area contributed by atoms with Crippen LogP contribution in [0.1, 0.15) is 86.4 Å². The third-order valence-corrected chi connectivity index (χ3v) is 10.0. The lowest BCUT2D eigenvalue weighted by Crippen LogP contribution is -2.26. The Hall–Kier alpha value is -4.90. The van der Waals surface area contributed by atoms with E-state index in [1.807, 2.05) is 38.1 Å². The molecule has 1 aliphatic heterocycles. The molecule has 5 aromatic rings. The van der Waals surface area contributed by atoms with Crippen molar-refractivity contribution in [1.29, 1.82) is 0 Å². The molecule has 2 amide bonds. The number of carbonyl (C=O) groups excluding carboxylic acids is 2. The van der Waals surface area contributed by atoms with Crippen molar-refractivity contribution >= 4 is 23.2 Å². The Labute approximate surface area is 275 Å². The van der Waals surface area contributed by atoms with E-state index in [4.69, 9.17) is 14.1 Å². The molecule has 0 saturated carbocycles. The topological polar surface area (TPSA) is 119 Å². The Morgan fingerprint density at radius 1 is 1.09 bits per heavy atom. The fourth-order valence-electron chi connectivity index (χ4n) is 6.63. The minimum absolute atomic E-state index is 0.0829. The molecule has 47 heavy (non-hydrogen) atoms. The first-order chi connectivity index (χ1) is 22.7. The van der Waals surface area contributed by atoms with E-state index in [1.165, 1.54) is 23.5 Å². The minimum Gasteiger partial charge on any atom is -0.496 e. The van der Waals surface area contributed by atoms with Gasteiger partial charge in [-0.25, -0.2) is 4.39 Å². The summed E-state index contributed by atoms with van der Waals surface area (Å²) in [6, 6.07) is 15.5. The molecule has 1 aliphatic carbocycles. The van der Waals surface area contributed by atoms with Crippen LogP contribution in [0.2, 0.25) is 0 Å². The molecule has 2 N–H and O–H groups in total. The van der Waals surface area contributed by atoms with Crippen LogP contribution >= 0.6 is 11.3 Å². The van der Waals surface area contributed by atoms with Gasteiger partial charge < -0.3 is 19.8 Å². The van der Waals surface area contributed by atoms with Crippen molar-refractivity contribution in [2.45, 2.75) is 58.5 Å². The lowest BCUT2D eigenvalue weighted by molar-refractivity contribution is 0.0936. The van der Waals surface area contributed by atoms with Gasteiger partial charge in [0.15, 0.2) is 0 Å². The predicted molar refractivity (Wildman–Crippen MR) is 176 cm³/mol. The Balaban J connectivity index is 1.31. The van der Waals surface area contributed by atoms with Gasteiger partial charge in [0.25, 0.3) is 11.8 Å². The Bertz CT molecular complexity index is 2000. The van der Waals surface area contributed by atoms with Crippen molar-refractivity contribution in [3.8, 4) is 27.6 Å². The van der Waals surface area contributed by atoms with Gasteiger partial charge in [0.1, 0.15) is 11.6 Å².